The molecule has 140 valence electrons. The lowest BCUT2D eigenvalue weighted by atomic mass is 9.59. The summed E-state index contributed by atoms with van der Waals surface area (Å²) in [6.45, 7) is 5.36. The maximum atomic E-state index is 12.7. The molecular weight excluding hydrogens is 340 g/mol. The summed E-state index contributed by atoms with van der Waals surface area (Å²) in [5.74, 6) is -2.23. The van der Waals surface area contributed by atoms with Crippen molar-refractivity contribution < 1.29 is 33.7 Å². The second kappa shape index (κ2) is 5.42. The molecule has 0 aromatic carbocycles. The number of Topliss-reactive ketones (excluding diaryl/α,β-unsaturated/α-hetero) is 1. The van der Waals surface area contributed by atoms with E-state index < -0.39 is 41.3 Å². The van der Waals surface area contributed by atoms with Crippen molar-refractivity contribution in [1.29, 1.82) is 0 Å². The molecule has 4 aliphatic heterocycles. The molecule has 4 heterocycles. The molecule has 3 fully saturated rings. The Bertz CT molecular complexity index is 766. The third-order valence-electron chi connectivity index (χ3n) is 6.28. The topological polar surface area (TPSA) is 99.1 Å². The highest BCUT2D eigenvalue weighted by Gasteiger charge is 2.70. The molecule has 0 radical (unpaired) electrons. The van der Waals surface area contributed by atoms with Gasteiger partial charge in [-0.1, -0.05) is 13.0 Å². The van der Waals surface area contributed by atoms with Gasteiger partial charge in [0.25, 0.3) is 0 Å². The molecular formula is C19H22O7. The van der Waals surface area contributed by atoms with Crippen LogP contribution in [-0.2, 0) is 28.6 Å². The number of fused-ring (bicyclic) bond motifs is 1. The fourth-order valence-corrected chi connectivity index (χ4v) is 4.58. The van der Waals surface area contributed by atoms with E-state index in [9.17, 15) is 19.5 Å². The van der Waals surface area contributed by atoms with Gasteiger partial charge in [0.1, 0.15) is 17.3 Å². The van der Waals surface area contributed by atoms with Crippen LogP contribution in [0, 0.1) is 11.8 Å². The standard InChI is InChI=1S/C19H22O7/c1-9-8-19-11-5-7-13(21)24-10(2)4-6-12(20)14(17(23)26-19)16(19)25-18(9,3)15(11)22/h5,7,9-11,15,22H,4,6,8H2,1-3H3/t9-,10-,11-,15-,18-,19-/m0/s1. The van der Waals surface area contributed by atoms with Crippen LogP contribution in [0.5, 0.6) is 0 Å². The lowest BCUT2D eigenvalue weighted by Crippen LogP contribution is -2.69. The fourth-order valence-electron chi connectivity index (χ4n) is 4.58. The van der Waals surface area contributed by atoms with Crippen LogP contribution < -0.4 is 0 Å². The van der Waals surface area contributed by atoms with Gasteiger partial charge in [-0.2, -0.15) is 0 Å². The average molecular weight is 362 g/mol. The minimum Gasteiger partial charge on any atom is -0.484 e. The van der Waals surface area contributed by atoms with Crippen molar-refractivity contribution in [3.63, 3.8) is 0 Å². The first-order chi connectivity index (χ1) is 12.2. The second-order valence-corrected chi connectivity index (χ2v) is 7.91. The zero-order chi connectivity index (χ0) is 18.9. The molecule has 6 atom stereocenters. The Balaban J connectivity index is 1.90. The number of aliphatic hydroxyl groups is 1. The molecule has 1 spiro atoms. The number of ketones is 1. The van der Waals surface area contributed by atoms with Crippen molar-refractivity contribution in [3.8, 4) is 0 Å². The maximum absolute atomic E-state index is 12.7. The number of hydrogen-bond acceptors (Lipinski definition) is 7. The van der Waals surface area contributed by atoms with Crippen LogP contribution in [0.4, 0.5) is 0 Å². The zero-order valence-electron chi connectivity index (χ0n) is 15.0. The van der Waals surface area contributed by atoms with Crippen LogP contribution in [0.3, 0.4) is 0 Å². The number of rotatable bonds is 0. The minimum atomic E-state index is -1.25. The van der Waals surface area contributed by atoms with Gasteiger partial charge in [-0.3, -0.25) is 4.79 Å². The van der Waals surface area contributed by atoms with Crippen LogP contribution in [0.2, 0.25) is 0 Å². The first-order valence-corrected chi connectivity index (χ1v) is 8.96. The fraction of sp³-hybridized carbons (Fsp3) is 0.632. The van der Waals surface area contributed by atoms with Gasteiger partial charge < -0.3 is 19.3 Å². The molecule has 1 aliphatic carbocycles. The molecule has 0 aromatic rings. The van der Waals surface area contributed by atoms with E-state index in [4.69, 9.17) is 14.2 Å². The molecule has 5 rings (SSSR count). The summed E-state index contributed by atoms with van der Waals surface area (Å²) in [5.41, 5.74) is -2.29. The van der Waals surface area contributed by atoms with E-state index in [0.717, 1.165) is 0 Å². The van der Waals surface area contributed by atoms with Gasteiger partial charge in [-0.25, -0.2) is 9.59 Å². The molecule has 0 amide bonds. The highest BCUT2D eigenvalue weighted by molar-refractivity contribution is 6.19. The van der Waals surface area contributed by atoms with Crippen molar-refractivity contribution in [2.45, 2.75) is 63.4 Å². The van der Waals surface area contributed by atoms with Crippen molar-refractivity contribution in [1.82, 2.24) is 0 Å². The van der Waals surface area contributed by atoms with Crippen molar-refractivity contribution in [2.75, 3.05) is 0 Å². The largest absolute Gasteiger partial charge is 0.484 e. The van der Waals surface area contributed by atoms with Crippen LogP contribution in [0.15, 0.2) is 23.5 Å². The third-order valence-corrected chi connectivity index (χ3v) is 6.28. The van der Waals surface area contributed by atoms with E-state index in [1.165, 1.54) is 12.2 Å². The SMILES string of the molecule is C[C@H]1CCC(=O)C2=C3O[C@@]4(C)[C@@H](C)C[C@]3(OC2=O)[C@@H](C=CC(=O)O1)[C@@H]4O. The Morgan fingerprint density at radius 2 is 1.92 bits per heavy atom. The summed E-state index contributed by atoms with van der Waals surface area (Å²) >= 11 is 0. The molecule has 1 saturated carbocycles. The summed E-state index contributed by atoms with van der Waals surface area (Å²) in [6, 6.07) is 0. The van der Waals surface area contributed by atoms with E-state index in [1.54, 1.807) is 13.8 Å². The first kappa shape index (κ1) is 17.3. The van der Waals surface area contributed by atoms with E-state index in [1.807, 2.05) is 6.92 Å². The summed E-state index contributed by atoms with van der Waals surface area (Å²) in [4.78, 5) is 37.3. The van der Waals surface area contributed by atoms with Crippen LogP contribution in [-0.4, -0.2) is 46.2 Å². The summed E-state index contributed by atoms with van der Waals surface area (Å²) in [5, 5.41) is 10.9. The van der Waals surface area contributed by atoms with Gasteiger partial charge in [-0.05, 0) is 20.3 Å². The highest BCUT2D eigenvalue weighted by Crippen LogP contribution is 2.60. The van der Waals surface area contributed by atoms with E-state index >= 15 is 0 Å². The summed E-state index contributed by atoms with van der Waals surface area (Å²) < 4.78 is 17.0. The van der Waals surface area contributed by atoms with Crippen molar-refractivity contribution in [3.05, 3.63) is 23.5 Å². The van der Waals surface area contributed by atoms with Gasteiger partial charge in [-0.15, -0.1) is 0 Å². The molecule has 26 heavy (non-hydrogen) atoms. The maximum Gasteiger partial charge on any atom is 0.346 e. The van der Waals surface area contributed by atoms with Gasteiger partial charge in [0.2, 0.25) is 0 Å². The Morgan fingerprint density at radius 1 is 1.19 bits per heavy atom. The Kier molecular flexibility index (Phi) is 3.60. The molecule has 5 bridgehead atoms. The zero-order valence-corrected chi connectivity index (χ0v) is 15.0. The van der Waals surface area contributed by atoms with Gasteiger partial charge >= 0.3 is 11.9 Å². The first-order valence-electron chi connectivity index (χ1n) is 8.96. The van der Waals surface area contributed by atoms with E-state index in [-0.39, 0.29) is 29.5 Å². The molecule has 5 aliphatic rings. The number of carbonyl (C=O) groups is 3. The Hall–Kier alpha value is -2.15. The van der Waals surface area contributed by atoms with E-state index in [2.05, 4.69) is 0 Å². The quantitative estimate of drug-likeness (QED) is 0.510. The monoisotopic (exact) mass is 362 g/mol. The summed E-state index contributed by atoms with van der Waals surface area (Å²) in [6.07, 6.45) is 2.09. The third kappa shape index (κ3) is 2.13. The van der Waals surface area contributed by atoms with Gasteiger partial charge in [0.05, 0.1) is 12.0 Å². The Morgan fingerprint density at radius 3 is 2.65 bits per heavy atom. The highest BCUT2D eigenvalue weighted by atomic mass is 16.6. The van der Waals surface area contributed by atoms with Crippen LogP contribution in [0.25, 0.3) is 0 Å². The molecule has 7 nitrogen and oxygen atoms in total. The van der Waals surface area contributed by atoms with Crippen molar-refractivity contribution >= 4 is 17.7 Å². The van der Waals surface area contributed by atoms with E-state index in [0.29, 0.717) is 12.8 Å². The average Bonchev–Trinajstić information content (AvgIpc) is 2.83. The molecule has 7 heteroatoms. The molecule has 1 N–H and O–H groups in total. The van der Waals surface area contributed by atoms with Crippen LogP contribution in [0.1, 0.15) is 40.0 Å². The predicted molar refractivity (Wildman–Crippen MR) is 87.6 cm³/mol. The predicted octanol–water partition coefficient (Wildman–Crippen LogP) is 1.19. The molecule has 2 saturated heterocycles. The number of hydrogen-bond donors (Lipinski definition) is 1. The summed E-state index contributed by atoms with van der Waals surface area (Å²) in [7, 11) is 0. The number of aliphatic hydroxyl groups excluding tert-OH is 1. The van der Waals surface area contributed by atoms with Gasteiger partial charge in [0.15, 0.2) is 17.1 Å². The number of cyclic esters (lactones) is 1. The lowest BCUT2D eigenvalue weighted by Gasteiger charge is -2.59. The number of ether oxygens (including phenoxy) is 3. The lowest BCUT2D eigenvalue weighted by molar-refractivity contribution is -0.262. The molecule has 0 aromatic heterocycles. The number of esters is 2. The van der Waals surface area contributed by atoms with Crippen molar-refractivity contribution in [2.24, 2.45) is 11.8 Å². The smallest absolute Gasteiger partial charge is 0.346 e. The normalized spacial score (nSPS) is 44.8. The minimum absolute atomic E-state index is 0.0466. The Labute approximate surface area is 151 Å². The second-order valence-electron chi connectivity index (χ2n) is 7.91. The van der Waals surface area contributed by atoms with Crippen LogP contribution >= 0.6 is 0 Å². The van der Waals surface area contributed by atoms with Gasteiger partial charge in [0, 0.05) is 24.8 Å². The number of carbonyl (C=O) groups excluding carboxylic acids is 3. The molecule has 0 unspecified atom stereocenters.